The van der Waals surface area contributed by atoms with Crippen molar-refractivity contribution >= 4 is 33.8 Å². The van der Waals surface area contributed by atoms with Gasteiger partial charge in [0.1, 0.15) is 16.9 Å². The largest absolute Gasteiger partial charge is 0.444 e. The minimum absolute atomic E-state index is 0.0304. The fourth-order valence-corrected chi connectivity index (χ4v) is 9.41. The summed E-state index contributed by atoms with van der Waals surface area (Å²) < 4.78 is 41.9. The van der Waals surface area contributed by atoms with Gasteiger partial charge in [0.15, 0.2) is 11.9 Å². The van der Waals surface area contributed by atoms with E-state index in [9.17, 15) is 14.0 Å². The topological polar surface area (TPSA) is 136 Å². The Bertz CT molecular complexity index is 2460. The second kappa shape index (κ2) is 17.0. The normalized spacial score (nSPS) is 21.3. The first-order chi connectivity index (χ1) is 29.8. The highest BCUT2D eigenvalue weighted by molar-refractivity contribution is 5.97. The zero-order valence-corrected chi connectivity index (χ0v) is 36.7. The van der Waals surface area contributed by atoms with Crippen molar-refractivity contribution in [1.29, 1.82) is 0 Å². The van der Waals surface area contributed by atoms with Crippen molar-refractivity contribution in [1.82, 2.24) is 29.7 Å². The van der Waals surface area contributed by atoms with Gasteiger partial charge < -0.3 is 43.6 Å². The number of anilines is 1. The lowest BCUT2D eigenvalue weighted by atomic mass is 9.87. The van der Waals surface area contributed by atoms with Gasteiger partial charge in [-0.05, 0) is 127 Å². The van der Waals surface area contributed by atoms with E-state index in [1.807, 2.05) is 39.1 Å². The third kappa shape index (κ3) is 8.97. The summed E-state index contributed by atoms with van der Waals surface area (Å²) in [5.74, 6) is 0.272. The molecule has 5 aromatic rings. The summed E-state index contributed by atoms with van der Waals surface area (Å²) in [5, 5.41) is 4.75. The summed E-state index contributed by atoms with van der Waals surface area (Å²) in [6.45, 7) is 11.8. The Morgan fingerprint density at radius 2 is 1.73 bits per heavy atom. The Hall–Kier alpha value is -4.89. The number of alkyl carbamates (subject to hydrolysis) is 1. The lowest BCUT2D eigenvalue weighted by molar-refractivity contribution is -0.197. The van der Waals surface area contributed by atoms with Crippen molar-refractivity contribution in [3.8, 4) is 11.1 Å². The lowest BCUT2D eigenvalue weighted by Gasteiger charge is -2.45. The highest BCUT2D eigenvalue weighted by Crippen LogP contribution is 2.44. The number of halogens is 1. The maximum Gasteiger partial charge on any atom is 0.408 e. The number of carbonyl (C=O) groups is 1. The quantitative estimate of drug-likeness (QED) is 0.135. The van der Waals surface area contributed by atoms with E-state index in [0.717, 1.165) is 117 Å². The van der Waals surface area contributed by atoms with Gasteiger partial charge in [0.2, 0.25) is 5.95 Å². The fraction of sp³-hybridized carbons (Fsp3) is 0.542. The molecule has 2 unspecified atom stereocenters. The molecule has 6 heterocycles. The smallest absolute Gasteiger partial charge is 0.408 e. The van der Waals surface area contributed by atoms with E-state index in [2.05, 4.69) is 39.2 Å². The van der Waals surface area contributed by atoms with E-state index in [0.29, 0.717) is 29.8 Å². The predicted octanol–water partition coefficient (Wildman–Crippen LogP) is 7.93. The van der Waals surface area contributed by atoms with Gasteiger partial charge in [-0.25, -0.2) is 19.2 Å². The number of rotatable bonds is 11. The molecule has 1 amide bonds. The Labute approximate surface area is 362 Å². The molecule has 62 heavy (non-hydrogen) atoms. The Morgan fingerprint density at radius 3 is 2.42 bits per heavy atom. The lowest BCUT2D eigenvalue weighted by Crippen LogP contribution is -2.57. The number of piperidine rings is 2. The van der Waals surface area contributed by atoms with Crippen molar-refractivity contribution in [2.75, 3.05) is 44.3 Å². The summed E-state index contributed by atoms with van der Waals surface area (Å²) >= 11 is 0. The van der Waals surface area contributed by atoms with Crippen LogP contribution in [-0.4, -0.2) is 99.5 Å². The van der Waals surface area contributed by atoms with Gasteiger partial charge in [0.05, 0.1) is 23.9 Å². The monoisotopic (exact) mass is 849 g/mol. The molecule has 0 bridgehead atoms. The SMILES string of the molecule is Cn1cc(-c2ccc3nc(N4CCC(N5CCC(C)(NC(=O)OC(C)(C)C)CC5)CC4)nc(C(COC4CCCCO4)(OC4CC4)c4ccc(F)cc4)c3c2)c2cc[nH]c2c1=O. The molecular formula is C48H60FN7O6. The number of hydrogen-bond acceptors (Lipinski definition) is 10. The van der Waals surface area contributed by atoms with Crippen molar-refractivity contribution in [2.45, 2.75) is 121 Å². The Balaban J connectivity index is 1.07. The molecule has 2 atom stereocenters. The molecule has 1 aliphatic carbocycles. The fourth-order valence-electron chi connectivity index (χ4n) is 9.41. The molecule has 330 valence electrons. The van der Waals surface area contributed by atoms with Crippen LogP contribution < -0.4 is 15.8 Å². The van der Waals surface area contributed by atoms with Crippen LogP contribution in [0.25, 0.3) is 32.9 Å². The number of ether oxygens (including phenoxy) is 4. The summed E-state index contributed by atoms with van der Waals surface area (Å²) in [7, 11) is 1.76. The number of nitrogens with one attached hydrogen (secondary N) is 2. The van der Waals surface area contributed by atoms with Gasteiger partial charge in [-0.1, -0.05) is 18.2 Å². The molecule has 3 aromatic heterocycles. The van der Waals surface area contributed by atoms with Crippen LogP contribution in [0.5, 0.6) is 0 Å². The molecule has 4 fully saturated rings. The number of fused-ring (bicyclic) bond motifs is 2. The van der Waals surface area contributed by atoms with Gasteiger partial charge in [-0.2, -0.15) is 0 Å². The molecule has 2 aromatic carbocycles. The van der Waals surface area contributed by atoms with Crippen LogP contribution in [0.4, 0.5) is 15.1 Å². The van der Waals surface area contributed by atoms with Crippen LogP contribution in [0.2, 0.25) is 0 Å². The molecule has 4 aliphatic rings. The highest BCUT2D eigenvalue weighted by Gasteiger charge is 2.46. The average molecular weight is 850 g/mol. The Kier molecular flexibility index (Phi) is 11.6. The second-order valence-corrected chi connectivity index (χ2v) is 19.0. The molecule has 3 aliphatic heterocycles. The van der Waals surface area contributed by atoms with E-state index >= 15 is 0 Å². The zero-order chi connectivity index (χ0) is 43.2. The molecule has 9 rings (SSSR count). The number of likely N-dealkylation sites (tertiary alicyclic amines) is 1. The maximum absolute atomic E-state index is 14.7. The number of amides is 1. The van der Waals surface area contributed by atoms with Crippen molar-refractivity contribution < 1.29 is 28.1 Å². The average Bonchev–Trinajstić information content (AvgIpc) is 3.93. The first kappa shape index (κ1) is 42.4. The van der Waals surface area contributed by atoms with Crippen LogP contribution in [-0.2, 0) is 31.6 Å². The van der Waals surface area contributed by atoms with E-state index in [1.54, 1.807) is 29.9 Å². The van der Waals surface area contributed by atoms with Crippen molar-refractivity contribution in [3.05, 3.63) is 88.4 Å². The predicted molar refractivity (Wildman–Crippen MR) is 237 cm³/mol. The van der Waals surface area contributed by atoms with Crippen LogP contribution in [0.1, 0.15) is 96.7 Å². The number of pyridine rings is 1. The molecule has 0 spiro atoms. The van der Waals surface area contributed by atoms with E-state index in [1.165, 1.54) is 12.1 Å². The van der Waals surface area contributed by atoms with Crippen molar-refractivity contribution in [2.24, 2.45) is 7.05 Å². The third-order valence-corrected chi connectivity index (χ3v) is 13.1. The van der Waals surface area contributed by atoms with Gasteiger partial charge in [-0.15, -0.1) is 0 Å². The standard InChI is InChI=1S/C48H60FN7O6/c1-46(2,3)62-45(58)53-47(4)20-25-55(26-21-47)34-18-23-56(24-19-34)44-51-39-16-9-31(38-29-54(5)43(57)41-36(38)17-22-50-41)28-37(39)42(52-44)48(61-35-14-15-35,32-10-12-33(49)13-11-32)30-60-40-8-6-7-27-59-40/h9-13,16-17,22,28-29,34-35,40,50H,6-8,14-15,18-21,23-27,30H2,1-5H3,(H,53,58). The first-order valence-corrected chi connectivity index (χ1v) is 22.4. The molecule has 3 saturated heterocycles. The summed E-state index contributed by atoms with van der Waals surface area (Å²) in [5.41, 5.74) is 2.27. The molecule has 14 heteroatoms. The van der Waals surface area contributed by atoms with Gasteiger partial charge in [-0.3, -0.25) is 4.79 Å². The maximum atomic E-state index is 14.7. The number of carbonyl (C=O) groups excluding carboxylic acids is 1. The summed E-state index contributed by atoms with van der Waals surface area (Å²) in [4.78, 5) is 44.5. The highest BCUT2D eigenvalue weighted by atomic mass is 19.1. The van der Waals surface area contributed by atoms with E-state index < -0.39 is 17.5 Å². The number of hydrogen-bond donors (Lipinski definition) is 2. The molecule has 2 N–H and O–H groups in total. The van der Waals surface area contributed by atoms with Crippen LogP contribution in [0.3, 0.4) is 0 Å². The van der Waals surface area contributed by atoms with Gasteiger partial charge in [0, 0.05) is 80.1 Å². The number of aromatic amines is 1. The molecule has 1 saturated carbocycles. The number of benzene rings is 2. The van der Waals surface area contributed by atoms with E-state index in [-0.39, 0.29) is 35.7 Å². The third-order valence-electron chi connectivity index (χ3n) is 13.1. The first-order valence-electron chi connectivity index (χ1n) is 22.4. The minimum Gasteiger partial charge on any atom is -0.444 e. The molecule has 0 radical (unpaired) electrons. The summed E-state index contributed by atoms with van der Waals surface area (Å²) in [6.07, 6.45) is 11.0. The minimum atomic E-state index is -1.23. The van der Waals surface area contributed by atoms with Gasteiger partial charge >= 0.3 is 6.09 Å². The second-order valence-electron chi connectivity index (χ2n) is 19.0. The zero-order valence-electron chi connectivity index (χ0n) is 36.7. The summed E-state index contributed by atoms with van der Waals surface area (Å²) in [6, 6.07) is 15.0. The van der Waals surface area contributed by atoms with E-state index in [4.69, 9.17) is 28.9 Å². The number of aryl methyl sites for hydroxylation is 1. The Morgan fingerprint density at radius 1 is 0.968 bits per heavy atom. The number of H-pyrrole nitrogens is 1. The van der Waals surface area contributed by atoms with Crippen molar-refractivity contribution in [3.63, 3.8) is 0 Å². The number of aromatic nitrogens is 4. The van der Waals surface area contributed by atoms with Crippen LogP contribution in [0, 0.1) is 5.82 Å². The van der Waals surface area contributed by atoms with Gasteiger partial charge in [0.25, 0.3) is 5.56 Å². The molecule has 13 nitrogen and oxygen atoms in total. The van der Waals surface area contributed by atoms with Crippen LogP contribution >= 0.6 is 0 Å². The van der Waals surface area contributed by atoms with Crippen LogP contribution in [0.15, 0.2) is 65.7 Å². The number of nitrogens with zero attached hydrogens (tertiary/aromatic N) is 5. The molecular weight excluding hydrogens is 790 g/mol.